The van der Waals surface area contributed by atoms with E-state index in [1.165, 1.54) is 23.1 Å². The second-order valence-corrected chi connectivity index (χ2v) is 10.1. The number of pyridine rings is 2. The molecular weight excluding hydrogens is 589 g/mol. The van der Waals surface area contributed by atoms with Gasteiger partial charge in [-0.15, -0.1) is 0 Å². The number of carbonyl (C=O) groups is 2. The quantitative estimate of drug-likeness (QED) is 0.189. The molecule has 3 N–H and O–H groups in total. The summed E-state index contributed by atoms with van der Waals surface area (Å²) >= 11 is 12.2. The predicted octanol–water partition coefficient (Wildman–Crippen LogP) is 6.27. The summed E-state index contributed by atoms with van der Waals surface area (Å²) in [6.45, 7) is 2.42. The van der Waals surface area contributed by atoms with Crippen molar-refractivity contribution >= 4 is 46.5 Å². The fourth-order valence-corrected chi connectivity index (χ4v) is 4.73. The second kappa shape index (κ2) is 13.3. The molecule has 0 radical (unpaired) electrons. The number of nitrogens with zero attached hydrogens (tertiary/aromatic N) is 4. The molecule has 5 aromatic rings. The third-order valence-corrected chi connectivity index (χ3v) is 6.98. The van der Waals surface area contributed by atoms with Gasteiger partial charge >= 0.3 is 6.03 Å². The van der Waals surface area contributed by atoms with Crippen LogP contribution in [0.25, 0.3) is 22.4 Å². The molecule has 216 valence electrons. The summed E-state index contributed by atoms with van der Waals surface area (Å²) in [7, 11) is 0. The number of carbonyl (C=O) groups excluding carboxylic acids is 2. The van der Waals surface area contributed by atoms with Crippen molar-refractivity contribution in [3.8, 4) is 22.4 Å². The number of urea groups is 1. The highest BCUT2D eigenvalue weighted by atomic mass is 35.5. The zero-order valence-electron chi connectivity index (χ0n) is 22.8. The van der Waals surface area contributed by atoms with Crippen LogP contribution in [-0.2, 0) is 13.1 Å². The minimum Gasteiger partial charge on any atom is -0.348 e. The Bertz CT molecular complexity index is 1840. The van der Waals surface area contributed by atoms with Gasteiger partial charge in [-0.3, -0.25) is 19.6 Å². The molecule has 3 amide bonds. The molecule has 0 bridgehead atoms. The van der Waals surface area contributed by atoms with Gasteiger partial charge in [0.05, 0.1) is 21.4 Å². The van der Waals surface area contributed by atoms with Crippen molar-refractivity contribution in [3.63, 3.8) is 0 Å². The van der Waals surface area contributed by atoms with E-state index in [9.17, 15) is 14.4 Å². The fourth-order valence-electron chi connectivity index (χ4n) is 4.27. The Kier molecular flexibility index (Phi) is 9.09. The van der Waals surface area contributed by atoms with Gasteiger partial charge in [0, 0.05) is 49.0 Å². The van der Waals surface area contributed by atoms with Gasteiger partial charge in [0.2, 0.25) is 0 Å². The average molecular weight is 614 g/mol. The summed E-state index contributed by atoms with van der Waals surface area (Å²) in [6.07, 6.45) is 6.07. The van der Waals surface area contributed by atoms with Crippen LogP contribution >= 0.6 is 23.2 Å². The molecule has 0 atom stereocenters. The van der Waals surface area contributed by atoms with E-state index in [2.05, 4.69) is 31.0 Å². The molecule has 10 nitrogen and oxygen atoms in total. The first kappa shape index (κ1) is 29.4. The van der Waals surface area contributed by atoms with E-state index in [0.717, 1.165) is 16.7 Å². The number of aromatic nitrogens is 4. The average Bonchev–Trinajstić information content (AvgIpc) is 3.03. The number of hydrogen-bond acceptors (Lipinski definition) is 6. The molecular formula is C31H25Cl2N7O3. The Balaban J connectivity index is 1.39. The van der Waals surface area contributed by atoms with E-state index >= 15 is 0 Å². The van der Waals surface area contributed by atoms with Crippen LogP contribution in [0.1, 0.15) is 22.8 Å². The lowest BCUT2D eigenvalue weighted by molar-refractivity contribution is 0.0951. The summed E-state index contributed by atoms with van der Waals surface area (Å²) in [5.41, 5.74) is 3.94. The first-order valence-corrected chi connectivity index (χ1v) is 13.9. The Morgan fingerprint density at radius 2 is 1.56 bits per heavy atom. The number of aryl methyl sites for hydroxylation is 1. The van der Waals surface area contributed by atoms with Crippen LogP contribution in [0.4, 0.5) is 16.2 Å². The zero-order valence-corrected chi connectivity index (χ0v) is 24.4. The first-order chi connectivity index (χ1) is 20.8. The number of halogens is 2. The van der Waals surface area contributed by atoms with Gasteiger partial charge in [-0.05, 0) is 53.9 Å². The Labute approximate surface area is 256 Å². The highest BCUT2D eigenvalue weighted by Crippen LogP contribution is 2.29. The molecule has 0 saturated heterocycles. The molecule has 0 unspecified atom stereocenters. The fraction of sp³-hybridized carbons (Fsp3) is 0.0968. The van der Waals surface area contributed by atoms with E-state index in [-0.39, 0.29) is 33.9 Å². The number of nitrogens with one attached hydrogen (secondary N) is 3. The van der Waals surface area contributed by atoms with Crippen molar-refractivity contribution in [1.82, 2.24) is 25.1 Å². The minimum atomic E-state index is -0.709. The van der Waals surface area contributed by atoms with Crippen LogP contribution in [0.5, 0.6) is 0 Å². The number of hydrogen-bond donors (Lipinski definition) is 3. The molecule has 12 heteroatoms. The maximum atomic E-state index is 13.0. The standard InChI is InChI=1S/C31H25Cl2N7O3/c1-2-40-30(42)27(37-31(43)38-28-24(32)17-35-18-25(28)33)14-26(39-40)22-9-3-7-20(12-22)21-8-4-10-23(13-21)29(41)36-16-19-6-5-11-34-15-19/h3-15,17-18H,2,16H2,1H3,(H,36,41)(H2,35,37,38,43). The van der Waals surface area contributed by atoms with Crippen LogP contribution in [0.15, 0.2) is 96.3 Å². The smallest absolute Gasteiger partial charge is 0.323 e. The lowest BCUT2D eigenvalue weighted by atomic mass is 9.99. The largest absolute Gasteiger partial charge is 0.348 e. The maximum absolute atomic E-state index is 13.0. The number of anilines is 2. The van der Waals surface area contributed by atoms with E-state index in [1.807, 2.05) is 54.6 Å². The van der Waals surface area contributed by atoms with E-state index in [1.54, 1.807) is 25.4 Å². The summed E-state index contributed by atoms with van der Waals surface area (Å²) in [5.74, 6) is -0.207. The van der Waals surface area contributed by atoms with Gasteiger partial charge in [-0.2, -0.15) is 5.10 Å². The van der Waals surface area contributed by atoms with Crippen molar-refractivity contribution in [1.29, 1.82) is 0 Å². The maximum Gasteiger partial charge on any atom is 0.323 e. The monoisotopic (exact) mass is 613 g/mol. The molecule has 3 heterocycles. The van der Waals surface area contributed by atoms with Crippen LogP contribution in [0.2, 0.25) is 10.0 Å². The van der Waals surface area contributed by atoms with Crippen molar-refractivity contribution < 1.29 is 9.59 Å². The molecule has 0 spiro atoms. The summed E-state index contributed by atoms with van der Waals surface area (Å²) < 4.78 is 1.26. The number of rotatable bonds is 8. The van der Waals surface area contributed by atoms with Gasteiger partial charge in [0.1, 0.15) is 5.69 Å². The lowest BCUT2D eigenvalue weighted by Crippen LogP contribution is -2.29. The SMILES string of the molecule is CCn1nc(-c2cccc(-c3cccc(C(=O)NCc4cccnc4)c3)c2)cc(NC(=O)Nc2c(Cl)cncc2Cl)c1=O. The topological polar surface area (TPSA) is 131 Å². The number of amides is 3. The molecule has 0 aliphatic heterocycles. The minimum absolute atomic E-state index is 0.0170. The van der Waals surface area contributed by atoms with Crippen molar-refractivity contribution in [2.75, 3.05) is 10.6 Å². The first-order valence-electron chi connectivity index (χ1n) is 13.2. The summed E-state index contributed by atoms with van der Waals surface area (Å²) in [6, 6.07) is 19.3. The van der Waals surface area contributed by atoms with Gasteiger partial charge < -0.3 is 16.0 Å². The van der Waals surface area contributed by atoms with Crippen molar-refractivity contribution in [2.24, 2.45) is 0 Å². The van der Waals surface area contributed by atoms with Crippen molar-refractivity contribution in [3.05, 3.63) is 123 Å². The van der Waals surface area contributed by atoms with E-state index in [0.29, 0.717) is 23.4 Å². The zero-order chi connectivity index (χ0) is 30.3. The highest BCUT2D eigenvalue weighted by Gasteiger charge is 2.15. The van der Waals surface area contributed by atoms with E-state index < -0.39 is 11.6 Å². The van der Waals surface area contributed by atoms with E-state index in [4.69, 9.17) is 23.2 Å². The Hall–Kier alpha value is -5.06. The van der Waals surface area contributed by atoms with Crippen LogP contribution in [-0.4, -0.2) is 31.7 Å². The van der Waals surface area contributed by atoms with Gasteiger partial charge in [0.15, 0.2) is 0 Å². The Morgan fingerprint density at radius 3 is 2.28 bits per heavy atom. The van der Waals surface area contributed by atoms with Crippen molar-refractivity contribution in [2.45, 2.75) is 20.0 Å². The van der Waals surface area contributed by atoms with Crippen LogP contribution < -0.4 is 21.5 Å². The normalized spacial score (nSPS) is 10.7. The molecule has 3 aromatic heterocycles. The molecule has 5 rings (SSSR count). The Morgan fingerprint density at radius 1 is 0.837 bits per heavy atom. The summed E-state index contributed by atoms with van der Waals surface area (Å²) in [4.78, 5) is 46.5. The molecule has 0 aliphatic carbocycles. The molecule has 0 aliphatic rings. The highest BCUT2D eigenvalue weighted by molar-refractivity contribution is 6.39. The third kappa shape index (κ3) is 7.06. The van der Waals surface area contributed by atoms with Gasteiger partial charge in [0.25, 0.3) is 11.5 Å². The molecule has 0 fully saturated rings. The predicted molar refractivity (Wildman–Crippen MR) is 167 cm³/mol. The molecule has 2 aromatic carbocycles. The number of benzene rings is 2. The molecule has 0 saturated carbocycles. The van der Waals surface area contributed by atoms with Crippen LogP contribution in [0, 0.1) is 0 Å². The second-order valence-electron chi connectivity index (χ2n) is 9.33. The van der Waals surface area contributed by atoms with Gasteiger partial charge in [-0.1, -0.05) is 59.6 Å². The van der Waals surface area contributed by atoms with Gasteiger partial charge in [-0.25, -0.2) is 9.48 Å². The lowest BCUT2D eigenvalue weighted by Gasteiger charge is -2.13. The summed E-state index contributed by atoms with van der Waals surface area (Å²) in [5, 5.41) is 12.8. The van der Waals surface area contributed by atoms with Crippen LogP contribution in [0.3, 0.4) is 0 Å². The third-order valence-electron chi connectivity index (χ3n) is 6.41. The molecule has 43 heavy (non-hydrogen) atoms.